The van der Waals surface area contributed by atoms with Gasteiger partial charge in [-0.1, -0.05) is 76.6 Å². The topological polar surface area (TPSA) is 87.7 Å². The number of para-hydroxylation sites is 4. The molecular weight excluding hydrogens is 468 g/mol. The van der Waals surface area contributed by atoms with E-state index in [1.54, 1.807) is 0 Å². The van der Waals surface area contributed by atoms with Gasteiger partial charge in [-0.2, -0.15) is 0 Å². The van der Waals surface area contributed by atoms with Gasteiger partial charge in [-0.15, -0.1) is 0 Å². The Morgan fingerprint density at radius 3 is 1.29 bits per heavy atom. The molecule has 2 aromatic carbocycles. The monoisotopic (exact) mass is 514 g/mol. The molecule has 4 aromatic rings. The molecule has 2 fully saturated rings. The average molecular weight is 515 g/mol. The van der Waals surface area contributed by atoms with E-state index in [4.69, 9.17) is 11.5 Å². The first-order valence-corrected chi connectivity index (χ1v) is 15.0. The van der Waals surface area contributed by atoms with Crippen LogP contribution in [0.5, 0.6) is 0 Å². The Bertz CT molecular complexity index is 1200. The first-order valence-electron chi connectivity index (χ1n) is 15.0. The molecule has 2 heterocycles. The van der Waals surface area contributed by atoms with Gasteiger partial charge in [0.25, 0.3) is 0 Å². The number of imidazole rings is 2. The molecule has 6 heteroatoms. The van der Waals surface area contributed by atoms with E-state index >= 15 is 0 Å². The van der Waals surface area contributed by atoms with Gasteiger partial charge in [0, 0.05) is 12.1 Å². The van der Waals surface area contributed by atoms with Crippen molar-refractivity contribution in [3.05, 3.63) is 48.5 Å². The van der Waals surface area contributed by atoms with Gasteiger partial charge in [0.15, 0.2) is 0 Å². The fraction of sp³-hybridized carbons (Fsp3) is 0.562. The van der Waals surface area contributed by atoms with E-state index in [1.807, 2.05) is 24.3 Å². The molecule has 2 aliphatic rings. The minimum Gasteiger partial charge on any atom is -0.369 e. The lowest BCUT2D eigenvalue weighted by Gasteiger charge is -2.28. The highest BCUT2D eigenvalue weighted by Crippen LogP contribution is 2.37. The molecule has 0 spiro atoms. The number of hydrogen-bond donors (Lipinski definition) is 2. The van der Waals surface area contributed by atoms with Gasteiger partial charge in [0.2, 0.25) is 11.9 Å². The van der Waals surface area contributed by atoms with Gasteiger partial charge in [-0.25, -0.2) is 9.97 Å². The smallest absolute Gasteiger partial charge is 0.201 e. The molecule has 0 amide bonds. The number of benzene rings is 2. The lowest BCUT2D eigenvalue weighted by atomic mass is 9.88. The number of rotatable bonds is 2. The van der Waals surface area contributed by atoms with Crippen molar-refractivity contribution in [3.8, 4) is 0 Å². The molecule has 4 N–H and O–H groups in total. The first kappa shape index (κ1) is 26.6. The first-order chi connectivity index (χ1) is 18.5. The normalized spacial score (nSPS) is 25.1. The molecule has 2 saturated carbocycles. The molecule has 6 nitrogen and oxygen atoms in total. The van der Waals surface area contributed by atoms with Crippen molar-refractivity contribution in [2.75, 3.05) is 11.5 Å². The van der Waals surface area contributed by atoms with Gasteiger partial charge in [0.1, 0.15) is 0 Å². The highest BCUT2D eigenvalue weighted by molar-refractivity contribution is 5.79. The summed E-state index contributed by atoms with van der Waals surface area (Å²) in [7, 11) is 0. The van der Waals surface area contributed by atoms with Crippen LogP contribution in [0, 0.1) is 11.8 Å². The van der Waals surface area contributed by atoms with E-state index < -0.39 is 0 Å². The van der Waals surface area contributed by atoms with E-state index in [1.165, 1.54) is 38.5 Å². The molecule has 0 radical (unpaired) electrons. The SMILES string of the molecule is CC1CCCC(C)CCC1.Nc1nc2ccccc2n1C1CCCC(n2c(N)nc3ccccc32)CCC1. The van der Waals surface area contributed by atoms with Crippen molar-refractivity contribution in [1.29, 1.82) is 0 Å². The summed E-state index contributed by atoms with van der Waals surface area (Å²) in [6, 6.07) is 17.3. The standard InChI is InChI=1S/C22H26N6.C10H20/c23-21-25-17-11-1-3-13-19(17)27(21)15-7-5-9-16(10-6-8-15)28-20-14-4-2-12-18(20)26-22(28)24;1-9-5-3-7-10(2)8-4-6-9/h1-4,11-16H,5-10H2,(H2,23,25)(H2,24,26);9-10H,3-8H2,1-2H3. The molecule has 0 atom stereocenters. The summed E-state index contributed by atoms with van der Waals surface area (Å²) in [5, 5.41) is 0. The summed E-state index contributed by atoms with van der Waals surface area (Å²) >= 11 is 0. The molecule has 2 aliphatic carbocycles. The van der Waals surface area contributed by atoms with E-state index in [-0.39, 0.29) is 0 Å². The zero-order valence-corrected chi connectivity index (χ0v) is 23.4. The third-order valence-electron chi connectivity index (χ3n) is 8.91. The maximum Gasteiger partial charge on any atom is 0.201 e. The zero-order chi connectivity index (χ0) is 26.5. The molecular formula is C32H46N6. The quantitative estimate of drug-likeness (QED) is 0.281. The molecule has 0 bridgehead atoms. The van der Waals surface area contributed by atoms with Gasteiger partial charge in [0.05, 0.1) is 22.1 Å². The Morgan fingerprint density at radius 1 is 0.553 bits per heavy atom. The lowest BCUT2D eigenvalue weighted by molar-refractivity contribution is 0.324. The Balaban J connectivity index is 0.000000249. The predicted molar refractivity (Wildman–Crippen MR) is 160 cm³/mol. The van der Waals surface area contributed by atoms with Gasteiger partial charge in [-0.3, -0.25) is 0 Å². The third kappa shape index (κ3) is 6.00. The average Bonchev–Trinajstić information content (AvgIpc) is 3.39. The molecule has 0 unspecified atom stereocenters. The van der Waals surface area contributed by atoms with Crippen LogP contribution in [0.15, 0.2) is 48.5 Å². The van der Waals surface area contributed by atoms with Crippen LogP contribution in [0.1, 0.15) is 103 Å². The van der Waals surface area contributed by atoms with Gasteiger partial charge >= 0.3 is 0 Å². The minimum absolute atomic E-state index is 0.408. The van der Waals surface area contributed by atoms with Crippen molar-refractivity contribution in [1.82, 2.24) is 19.1 Å². The Morgan fingerprint density at radius 2 is 0.895 bits per heavy atom. The molecule has 6 rings (SSSR count). The second-order valence-electron chi connectivity index (χ2n) is 11.9. The molecule has 38 heavy (non-hydrogen) atoms. The third-order valence-corrected chi connectivity index (χ3v) is 8.91. The van der Waals surface area contributed by atoms with Crippen molar-refractivity contribution >= 4 is 34.0 Å². The van der Waals surface area contributed by atoms with Crippen LogP contribution in [0.25, 0.3) is 22.1 Å². The predicted octanol–water partition coefficient (Wildman–Crippen LogP) is 8.30. The fourth-order valence-corrected chi connectivity index (χ4v) is 6.80. The van der Waals surface area contributed by atoms with Crippen LogP contribution in [-0.4, -0.2) is 19.1 Å². The van der Waals surface area contributed by atoms with Crippen LogP contribution in [0.3, 0.4) is 0 Å². The van der Waals surface area contributed by atoms with Gasteiger partial charge in [-0.05, 0) is 74.6 Å². The fourth-order valence-electron chi connectivity index (χ4n) is 6.80. The molecule has 0 saturated heterocycles. The molecule has 2 aromatic heterocycles. The van der Waals surface area contributed by atoms with E-state index in [0.717, 1.165) is 72.4 Å². The summed E-state index contributed by atoms with van der Waals surface area (Å²) in [5.41, 5.74) is 16.8. The molecule has 0 aliphatic heterocycles. The summed E-state index contributed by atoms with van der Waals surface area (Å²) in [6.45, 7) is 4.80. The summed E-state index contributed by atoms with van der Waals surface area (Å²) < 4.78 is 4.49. The van der Waals surface area contributed by atoms with Crippen LogP contribution in [-0.2, 0) is 0 Å². The number of nitrogen functional groups attached to an aromatic ring is 2. The number of nitrogens with two attached hydrogens (primary N) is 2. The largest absolute Gasteiger partial charge is 0.369 e. The van der Waals surface area contributed by atoms with E-state index in [2.05, 4.69) is 57.2 Å². The second-order valence-corrected chi connectivity index (χ2v) is 11.9. The van der Waals surface area contributed by atoms with Crippen LogP contribution in [0.4, 0.5) is 11.9 Å². The Labute approximate surface area is 227 Å². The Hall–Kier alpha value is -3.02. The van der Waals surface area contributed by atoms with Crippen molar-refractivity contribution in [2.24, 2.45) is 11.8 Å². The highest BCUT2D eigenvalue weighted by Gasteiger charge is 2.24. The second kappa shape index (κ2) is 12.2. The minimum atomic E-state index is 0.408. The summed E-state index contributed by atoms with van der Waals surface area (Å²) in [5.74, 6) is 3.28. The van der Waals surface area contributed by atoms with Crippen molar-refractivity contribution in [2.45, 2.75) is 103 Å². The zero-order valence-electron chi connectivity index (χ0n) is 23.4. The Kier molecular flexibility index (Phi) is 8.55. The van der Waals surface area contributed by atoms with Crippen LogP contribution >= 0.6 is 0 Å². The molecule has 204 valence electrons. The van der Waals surface area contributed by atoms with Crippen molar-refractivity contribution in [3.63, 3.8) is 0 Å². The summed E-state index contributed by atoms with van der Waals surface area (Å²) in [4.78, 5) is 9.11. The van der Waals surface area contributed by atoms with Crippen LogP contribution in [0.2, 0.25) is 0 Å². The highest BCUT2D eigenvalue weighted by atomic mass is 15.2. The van der Waals surface area contributed by atoms with E-state index in [0.29, 0.717) is 24.0 Å². The van der Waals surface area contributed by atoms with Gasteiger partial charge < -0.3 is 20.6 Å². The number of nitrogens with zero attached hydrogens (tertiary/aromatic N) is 4. The van der Waals surface area contributed by atoms with Crippen LogP contribution < -0.4 is 11.5 Å². The lowest BCUT2D eigenvalue weighted by Crippen LogP contribution is -2.18. The number of fused-ring (bicyclic) bond motifs is 2. The maximum atomic E-state index is 6.28. The number of anilines is 2. The number of aromatic nitrogens is 4. The van der Waals surface area contributed by atoms with Crippen molar-refractivity contribution < 1.29 is 0 Å². The number of hydrogen-bond acceptors (Lipinski definition) is 4. The summed E-state index contributed by atoms with van der Waals surface area (Å²) in [6.07, 6.45) is 15.5. The van der Waals surface area contributed by atoms with E-state index in [9.17, 15) is 0 Å². The maximum absolute atomic E-state index is 6.28.